The van der Waals surface area contributed by atoms with Crippen LogP contribution in [0.1, 0.15) is 19.8 Å². The zero-order chi connectivity index (χ0) is 11.5. The molecule has 0 amide bonds. The zero-order valence-corrected chi connectivity index (χ0v) is 10.4. The Morgan fingerprint density at radius 3 is 3.00 bits per heavy atom. The standard InChI is InChI=1S/C11H17ClN4/c1-8-5-9(3-4-16(8)2)15-11-6-10(12)13-7-14-11/h6-9H,3-5H2,1-2H3,(H,13,14,15). The van der Waals surface area contributed by atoms with Crippen LogP contribution in [0.5, 0.6) is 0 Å². The highest BCUT2D eigenvalue weighted by Gasteiger charge is 2.22. The van der Waals surface area contributed by atoms with E-state index >= 15 is 0 Å². The smallest absolute Gasteiger partial charge is 0.134 e. The molecule has 16 heavy (non-hydrogen) atoms. The van der Waals surface area contributed by atoms with Crippen molar-refractivity contribution in [2.45, 2.75) is 31.8 Å². The Bertz CT molecular complexity index is 358. The third kappa shape index (κ3) is 2.83. The largest absolute Gasteiger partial charge is 0.367 e. The molecular formula is C11H17ClN4. The molecule has 2 heterocycles. The van der Waals surface area contributed by atoms with Gasteiger partial charge in [-0.25, -0.2) is 9.97 Å². The Morgan fingerprint density at radius 1 is 1.50 bits per heavy atom. The van der Waals surface area contributed by atoms with Crippen molar-refractivity contribution in [3.63, 3.8) is 0 Å². The molecule has 0 aromatic carbocycles. The minimum absolute atomic E-state index is 0.483. The van der Waals surface area contributed by atoms with Crippen LogP contribution in [0.2, 0.25) is 5.15 Å². The molecule has 0 bridgehead atoms. The highest BCUT2D eigenvalue weighted by Crippen LogP contribution is 2.19. The summed E-state index contributed by atoms with van der Waals surface area (Å²) in [5.74, 6) is 0.821. The fourth-order valence-corrected chi connectivity index (χ4v) is 2.19. The van der Waals surface area contributed by atoms with Crippen LogP contribution in [0.4, 0.5) is 5.82 Å². The Kier molecular flexibility index (Phi) is 3.61. The molecule has 0 spiro atoms. The first-order valence-corrected chi connectivity index (χ1v) is 5.97. The van der Waals surface area contributed by atoms with Crippen LogP contribution in [0.3, 0.4) is 0 Å². The van der Waals surface area contributed by atoms with Gasteiger partial charge >= 0.3 is 0 Å². The third-order valence-electron chi connectivity index (χ3n) is 3.19. The van der Waals surface area contributed by atoms with Gasteiger partial charge in [0.2, 0.25) is 0 Å². The average Bonchev–Trinajstić information content (AvgIpc) is 2.24. The molecule has 1 aromatic heterocycles. The second-order valence-electron chi connectivity index (χ2n) is 4.42. The topological polar surface area (TPSA) is 41.1 Å². The van der Waals surface area contributed by atoms with E-state index < -0.39 is 0 Å². The quantitative estimate of drug-likeness (QED) is 0.804. The minimum Gasteiger partial charge on any atom is -0.367 e. The first-order chi connectivity index (χ1) is 7.65. The van der Waals surface area contributed by atoms with Crippen molar-refractivity contribution in [2.75, 3.05) is 18.9 Å². The van der Waals surface area contributed by atoms with Gasteiger partial charge in [-0.1, -0.05) is 11.6 Å². The lowest BCUT2D eigenvalue weighted by Gasteiger charge is -2.35. The fourth-order valence-electron chi connectivity index (χ4n) is 2.04. The molecule has 1 aliphatic rings. The number of piperidine rings is 1. The maximum Gasteiger partial charge on any atom is 0.134 e. The molecule has 2 unspecified atom stereocenters. The molecular weight excluding hydrogens is 224 g/mol. The Balaban J connectivity index is 1.95. The number of rotatable bonds is 2. The molecule has 5 heteroatoms. The number of hydrogen-bond acceptors (Lipinski definition) is 4. The van der Waals surface area contributed by atoms with Gasteiger partial charge in [-0.3, -0.25) is 0 Å². The molecule has 0 aliphatic carbocycles. The van der Waals surface area contributed by atoms with Crippen molar-refractivity contribution in [3.8, 4) is 0 Å². The maximum atomic E-state index is 5.82. The van der Waals surface area contributed by atoms with Gasteiger partial charge < -0.3 is 10.2 Å². The predicted octanol–water partition coefficient (Wildman–Crippen LogP) is 2.02. The van der Waals surface area contributed by atoms with Crippen molar-refractivity contribution >= 4 is 17.4 Å². The van der Waals surface area contributed by atoms with Gasteiger partial charge in [-0.05, 0) is 26.8 Å². The van der Waals surface area contributed by atoms with Gasteiger partial charge in [0.1, 0.15) is 17.3 Å². The Hall–Kier alpha value is -0.870. The van der Waals surface area contributed by atoms with E-state index in [2.05, 4.69) is 34.2 Å². The summed E-state index contributed by atoms with van der Waals surface area (Å²) in [5, 5.41) is 3.90. The first kappa shape index (κ1) is 11.6. The van der Waals surface area contributed by atoms with Crippen LogP contribution in [-0.4, -0.2) is 40.5 Å². The summed E-state index contributed by atoms with van der Waals surface area (Å²) in [6.07, 6.45) is 3.77. The van der Waals surface area contributed by atoms with Crippen molar-refractivity contribution in [1.82, 2.24) is 14.9 Å². The molecule has 0 saturated carbocycles. The van der Waals surface area contributed by atoms with Gasteiger partial charge in [0.05, 0.1) is 0 Å². The molecule has 1 saturated heterocycles. The predicted molar refractivity (Wildman–Crippen MR) is 65.8 cm³/mol. The van der Waals surface area contributed by atoms with Crippen LogP contribution < -0.4 is 5.32 Å². The Morgan fingerprint density at radius 2 is 2.31 bits per heavy atom. The lowest BCUT2D eigenvalue weighted by Crippen LogP contribution is -2.42. The third-order valence-corrected chi connectivity index (χ3v) is 3.40. The van der Waals surface area contributed by atoms with Gasteiger partial charge in [-0.2, -0.15) is 0 Å². The number of likely N-dealkylation sites (tertiary alicyclic amines) is 1. The van der Waals surface area contributed by atoms with E-state index in [9.17, 15) is 0 Å². The van der Waals surface area contributed by atoms with Gasteiger partial charge in [0.25, 0.3) is 0 Å². The summed E-state index contributed by atoms with van der Waals surface area (Å²) in [5.41, 5.74) is 0. The number of halogens is 1. The molecule has 1 N–H and O–H groups in total. The molecule has 1 aromatic rings. The highest BCUT2D eigenvalue weighted by atomic mass is 35.5. The summed E-state index contributed by atoms with van der Waals surface area (Å²) in [4.78, 5) is 10.4. The number of nitrogens with one attached hydrogen (secondary N) is 1. The minimum atomic E-state index is 0.483. The molecule has 1 fully saturated rings. The maximum absolute atomic E-state index is 5.82. The lowest BCUT2D eigenvalue weighted by molar-refractivity contribution is 0.190. The van der Waals surface area contributed by atoms with E-state index in [4.69, 9.17) is 11.6 Å². The molecule has 2 rings (SSSR count). The van der Waals surface area contributed by atoms with E-state index in [0.717, 1.165) is 25.2 Å². The summed E-state index contributed by atoms with van der Waals surface area (Å²) < 4.78 is 0. The van der Waals surface area contributed by atoms with E-state index in [1.165, 1.54) is 6.33 Å². The van der Waals surface area contributed by atoms with E-state index in [1.54, 1.807) is 6.07 Å². The van der Waals surface area contributed by atoms with Crippen LogP contribution in [-0.2, 0) is 0 Å². The number of nitrogens with zero attached hydrogens (tertiary/aromatic N) is 3. The first-order valence-electron chi connectivity index (χ1n) is 5.59. The SMILES string of the molecule is CC1CC(Nc2cc(Cl)ncn2)CCN1C. The zero-order valence-electron chi connectivity index (χ0n) is 9.65. The van der Waals surface area contributed by atoms with E-state index in [-0.39, 0.29) is 0 Å². The van der Waals surface area contributed by atoms with Gasteiger partial charge in [-0.15, -0.1) is 0 Å². The molecule has 0 radical (unpaired) electrons. The van der Waals surface area contributed by atoms with E-state index in [1.807, 2.05) is 0 Å². The second-order valence-corrected chi connectivity index (χ2v) is 4.81. The lowest BCUT2D eigenvalue weighted by atomic mass is 9.99. The average molecular weight is 241 g/mol. The number of aromatic nitrogens is 2. The monoisotopic (exact) mass is 240 g/mol. The summed E-state index contributed by atoms with van der Waals surface area (Å²) in [6.45, 7) is 3.37. The number of hydrogen-bond donors (Lipinski definition) is 1. The summed E-state index contributed by atoms with van der Waals surface area (Å²) in [7, 11) is 2.17. The van der Waals surface area contributed by atoms with Gasteiger partial charge in [0.15, 0.2) is 0 Å². The van der Waals surface area contributed by atoms with Crippen molar-refractivity contribution < 1.29 is 0 Å². The van der Waals surface area contributed by atoms with Crippen LogP contribution in [0.25, 0.3) is 0 Å². The van der Waals surface area contributed by atoms with Gasteiger partial charge in [0, 0.05) is 24.7 Å². The molecule has 4 nitrogen and oxygen atoms in total. The highest BCUT2D eigenvalue weighted by molar-refractivity contribution is 6.29. The number of anilines is 1. The van der Waals surface area contributed by atoms with Crippen molar-refractivity contribution in [2.24, 2.45) is 0 Å². The second kappa shape index (κ2) is 4.97. The Labute approximate surface area is 101 Å². The molecule has 1 aliphatic heterocycles. The van der Waals surface area contributed by atoms with Crippen LogP contribution in [0.15, 0.2) is 12.4 Å². The van der Waals surface area contributed by atoms with Crippen molar-refractivity contribution in [1.29, 1.82) is 0 Å². The fraction of sp³-hybridized carbons (Fsp3) is 0.636. The molecule has 2 atom stereocenters. The van der Waals surface area contributed by atoms with Crippen molar-refractivity contribution in [3.05, 3.63) is 17.5 Å². The van der Waals surface area contributed by atoms with E-state index in [0.29, 0.717) is 17.2 Å². The summed E-state index contributed by atoms with van der Waals surface area (Å²) >= 11 is 5.82. The normalized spacial score (nSPS) is 26.7. The van der Waals surface area contributed by atoms with Crippen LogP contribution >= 0.6 is 11.6 Å². The summed E-state index contributed by atoms with van der Waals surface area (Å²) in [6, 6.07) is 2.87. The van der Waals surface area contributed by atoms with Crippen LogP contribution in [0, 0.1) is 0 Å². The molecule has 88 valence electrons.